The Bertz CT molecular complexity index is 1240. The molecule has 33 heavy (non-hydrogen) atoms. The van der Waals surface area contributed by atoms with Gasteiger partial charge in [-0.25, -0.2) is 4.98 Å². The molecular weight excluding hydrogens is 442 g/mol. The van der Waals surface area contributed by atoms with Crippen LogP contribution in [0, 0.1) is 0 Å². The van der Waals surface area contributed by atoms with Gasteiger partial charge in [0.15, 0.2) is 17.1 Å². The summed E-state index contributed by atoms with van der Waals surface area (Å²) in [6.07, 6.45) is 3.83. The van der Waals surface area contributed by atoms with E-state index < -0.39 is 5.60 Å². The van der Waals surface area contributed by atoms with Crippen molar-refractivity contribution in [2.24, 2.45) is 0 Å². The number of benzene rings is 2. The van der Waals surface area contributed by atoms with Gasteiger partial charge in [-0.2, -0.15) is 0 Å². The summed E-state index contributed by atoms with van der Waals surface area (Å²) in [4.78, 5) is 17.4. The number of ether oxygens (including phenoxy) is 3. The van der Waals surface area contributed by atoms with E-state index in [-0.39, 0.29) is 12.5 Å². The van der Waals surface area contributed by atoms with E-state index >= 15 is 0 Å². The van der Waals surface area contributed by atoms with E-state index in [1.807, 2.05) is 35.0 Å². The molecule has 0 spiro atoms. The van der Waals surface area contributed by atoms with Crippen LogP contribution in [0.15, 0.2) is 73.1 Å². The van der Waals surface area contributed by atoms with Gasteiger partial charge in [0, 0.05) is 29.2 Å². The Morgan fingerprint density at radius 1 is 1.09 bits per heavy atom. The molecule has 8 heteroatoms. The second-order valence-electron chi connectivity index (χ2n) is 7.87. The molecule has 0 radical (unpaired) electrons. The van der Waals surface area contributed by atoms with Crippen LogP contribution in [-0.2, 0) is 11.4 Å². The van der Waals surface area contributed by atoms with E-state index in [1.54, 1.807) is 63.4 Å². The lowest BCUT2D eigenvalue weighted by molar-refractivity contribution is -0.128. The van der Waals surface area contributed by atoms with Crippen molar-refractivity contribution in [2.45, 2.75) is 26.1 Å². The highest BCUT2D eigenvalue weighted by Crippen LogP contribution is 2.31. The van der Waals surface area contributed by atoms with Gasteiger partial charge < -0.3 is 23.9 Å². The SMILES string of the molecule is COc1ccc(NC(=O)C(C)(C)Oc2ccc(Cl)cc2)cc1OCc1cn2ccccc2n1. The Kier molecular flexibility index (Phi) is 6.42. The van der Waals surface area contributed by atoms with Crippen LogP contribution in [0.3, 0.4) is 0 Å². The fourth-order valence-corrected chi connectivity index (χ4v) is 3.33. The summed E-state index contributed by atoms with van der Waals surface area (Å²) in [5.41, 5.74) is 1.05. The van der Waals surface area contributed by atoms with Gasteiger partial charge in [-0.3, -0.25) is 4.79 Å². The molecule has 2 aromatic heterocycles. The monoisotopic (exact) mass is 465 g/mol. The minimum atomic E-state index is -1.12. The van der Waals surface area contributed by atoms with E-state index in [4.69, 9.17) is 25.8 Å². The highest BCUT2D eigenvalue weighted by Gasteiger charge is 2.30. The zero-order valence-electron chi connectivity index (χ0n) is 18.5. The molecule has 0 bridgehead atoms. The molecule has 0 aliphatic rings. The van der Waals surface area contributed by atoms with Gasteiger partial charge >= 0.3 is 0 Å². The Hall–Kier alpha value is -3.71. The van der Waals surface area contributed by atoms with E-state index in [0.29, 0.717) is 28.0 Å². The molecule has 170 valence electrons. The quantitative estimate of drug-likeness (QED) is 0.378. The van der Waals surface area contributed by atoms with Crippen LogP contribution in [0.1, 0.15) is 19.5 Å². The van der Waals surface area contributed by atoms with E-state index in [1.165, 1.54) is 0 Å². The number of nitrogens with zero attached hydrogens (tertiary/aromatic N) is 2. The summed E-state index contributed by atoms with van der Waals surface area (Å²) in [5, 5.41) is 3.48. The molecule has 4 rings (SSSR count). The number of hydrogen-bond donors (Lipinski definition) is 1. The summed E-state index contributed by atoms with van der Waals surface area (Å²) in [5.74, 6) is 1.27. The van der Waals surface area contributed by atoms with Crippen molar-refractivity contribution in [2.75, 3.05) is 12.4 Å². The average Bonchev–Trinajstić information content (AvgIpc) is 3.22. The maximum atomic E-state index is 12.9. The molecule has 0 fully saturated rings. The Morgan fingerprint density at radius 3 is 2.61 bits per heavy atom. The number of carbonyl (C=O) groups excluding carboxylic acids is 1. The third-order valence-electron chi connectivity index (χ3n) is 4.94. The summed E-state index contributed by atoms with van der Waals surface area (Å²) in [6, 6.07) is 17.8. The second-order valence-corrected chi connectivity index (χ2v) is 8.31. The lowest BCUT2D eigenvalue weighted by Crippen LogP contribution is -2.42. The largest absolute Gasteiger partial charge is 0.493 e. The molecule has 1 amide bonds. The van der Waals surface area contributed by atoms with Gasteiger partial charge in [0.1, 0.15) is 18.0 Å². The van der Waals surface area contributed by atoms with E-state index in [2.05, 4.69) is 10.3 Å². The second kappa shape index (κ2) is 9.42. The van der Waals surface area contributed by atoms with Crippen LogP contribution in [0.5, 0.6) is 17.2 Å². The number of rotatable bonds is 8. The van der Waals surface area contributed by atoms with Crippen LogP contribution in [0.2, 0.25) is 5.02 Å². The highest BCUT2D eigenvalue weighted by molar-refractivity contribution is 6.30. The van der Waals surface area contributed by atoms with Gasteiger partial charge in [0.05, 0.1) is 12.8 Å². The standard InChI is InChI=1S/C25H24ClN3O4/c1-25(2,33-20-10-7-17(26)8-11-20)24(30)28-18-9-12-21(31-3)22(14-18)32-16-19-15-29-13-5-4-6-23(29)27-19/h4-15H,16H2,1-3H3,(H,28,30). The van der Waals surface area contributed by atoms with Gasteiger partial charge in [-0.05, 0) is 62.4 Å². The first-order chi connectivity index (χ1) is 15.8. The van der Waals surface area contributed by atoms with Crippen LogP contribution in [0.4, 0.5) is 5.69 Å². The predicted octanol–water partition coefficient (Wildman–Crippen LogP) is 5.37. The molecule has 0 saturated carbocycles. The van der Waals surface area contributed by atoms with Gasteiger partial charge in [0.25, 0.3) is 5.91 Å². The summed E-state index contributed by atoms with van der Waals surface area (Å²) in [6.45, 7) is 3.64. The summed E-state index contributed by atoms with van der Waals surface area (Å²) in [7, 11) is 1.56. The van der Waals surface area contributed by atoms with Crippen molar-refractivity contribution in [1.82, 2.24) is 9.38 Å². The van der Waals surface area contributed by atoms with Crippen molar-refractivity contribution in [1.29, 1.82) is 0 Å². The number of aromatic nitrogens is 2. The lowest BCUT2D eigenvalue weighted by atomic mass is 10.1. The third kappa shape index (κ3) is 5.38. The molecule has 2 aromatic carbocycles. The average molecular weight is 466 g/mol. The first kappa shape index (κ1) is 22.5. The fourth-order valence-electron chi connectivity index (χ4n) is 3.20. The number of amides is 1. The zero-order valence-corrected chi connectivity index (χ0v) is 19.3. The number of imidazole rings is 1. The van der Waals surface area contributed by atoms with E-state index in [0.717, 1.165) is 11.3 Å². The first-order valence-electron chi connectivity index (χ1n) is 10.3. The first-order valence-corrected chi connectivity index (χ1v) is 10.7. The molecule has 0 unspecified atom stereocenters. The van der Waals surface area contributed by atoms with Crippen LogP contribution in [0.25, 0.3) is 5.65 Å². The maximum Gasteiger partial charge on any atom is 0.267 e. The predicted molar refractivity (Wildman–Crippen MR) is 127 cm³/mol. The fraction of sp³-hybridized carbons (Fsp3) is 0.200. The van der Waals surface area contributed by atoms with Crippen molar-refractivity contribution >= 4 is 28.8 Å². The van der Waals surface area contributed by atoms with Crippen molar-refractivity contribution in [3.8, 4) is 17.2 Å². The number of anilines is 1. The lowest BCUT2D eigenvalue weighted by Gasteiger charge is -2.25. The Labute approximate surface area is 196 Å². The number of fused-ring (bicyclic) bond motifs is 1. The van der Waals surface area contributed by atoms with Crippen molar-refractivity contribution in [3.63, 3.8) is 0 Å². The molecule has 0 saturated heterocycles. The normalized spacial score (nSPS) is 11.3. The van der Waals surface area contributed by atoms with Crippen LogP contribution in [-0.4, -0.2) is 28.0 Å². The summed E-state index contributed by atoms with van der Waals surface area (Å²) < 4.78 is 19.2. The topological polar surface area (TPSA) is 74.1 Å². The number of pyridine rings is 1. The molecule has 0 aliphatic carbocycles. The minimum absolute atomic E-state index is 0.251. The Balaban J connectivity index is 1.45. The Morgan fingerprint density at radius 2 is 1.88 bits per heavy atom. The molecule has 7 nitrogen and oxygen atoms in total. The molecule has 1 N–H and O–H groups in total. The highest BCUT2D eigenvalue weighted by atomic mass is 35.5. The molecule has 0 atom stereocenters. The van der Waals surface area contributed by atoms with Gasteiger partial charge in [-0.1, -0.05) is 17.7 Å². The minimum Gasteiger partial charge on any atom is -0.493 e. The van der Waals surface area contributed by atoms with E-state index in [9.17, 15) is 4.79 Å². The summed E-state index contributed by atoms with van der Waals surface area (Å²) >= 11 is 5.92. The number of methoxy groups -OCH3 is 1. The number of halogens is 1. The number of nitrogens with one attached hydrogen (secondary N) is 1. The molecule has 0 aliphatic heterocycles. The maximum absolute atomic E-state index is 12.9. The molecular formula is C25H24ClN3O4. The van der Waals surface area contributed by atoms with Crippen molar-refractivity contribution in [3.05, 3.63) is 83.8 Å². The van der Waals surface area contributed by atoms with Gasteiger partial charge in [-0.15, -0.1) is 0 Å². The number of carbonyl (C=O) groups is 1. The smallest absolute Gasteiger partial charge is 0.267 e. The third-order valence-corrected chi connectivity index (χ3v) is 5.20. The van der Waals surface area contributed by atoms with Crippen LogP contribution >= 0.6 is 11.6 Å². The van der Waals surface area contributed by atoms with Crippen LogP contribution < -0.4 is 19.5 Å². The number of hydrogen-bond acceptors (Lipinski definition) is 5. The molecule has 2 heterocycles. The van der Waals surface area contributed by atoms with Gasteiger partial charge in [0.2, 0.25) is 0 Å². The van der Waals surface area contributed by atoms with Crippen molar-refractivity contribution < 1.29 is 19.0 Å². The molecule has 4 aromatic rings. The zero-order chi connectivity index (χ0) is 23.4.